The van der Waals surface area contributed by atoms with E-state index in [9.17, 15) is 19.8 Å². The molecule has 0 spiro atoms. The second-order valence-electron chi connectivity index (χ2n) is 5.07. The van der Waals surface area contributed by atoms with Crippen LogP contribution in [0, 0.1) is 10.8 Å². The average Bonchev–Trinajstić information content (AvgIpc) is 1.83. The van der Waals surface area contributed by atoms with Gasteiger partial charge in [0.25, 0.3) is 0 Å². The van der Waals surface area contributed by atoms with E-state index in [4.69, 9.17) is 0 Å². The zero-order chi connectivity index (χ0) is 12.2. The van der Waals surface area contributed by atoms with Gasteiger partial charge in [-0.3, -0.25) is 0 Å². The van der Waals surface area contributed by atoms with Crippen LogP contribution in [0.5, 0.6) is 0 Å². The Balaban J connectivity index is -0.0000000800. The molecule has 0 aromatic carbocycles. The van der Waals surface area contributed by atoms with Crippen LogP contribution in [-0.4, -0.2) is 11.9 Å². The van der Waals surface area contributed by atoms with E-state index >= 15 is 0 Å². The molecule has 16 heavy (non-hydrogen) atoms. The SMILES string of the molecule is CC(C)(C)C(=O)[O-].CC(C)(C)C(=O)[O-].[K+].[Na+]. The molecule has 0 aliphatic heterocycles. The predicted octanol–water partition coefficient (Wildman–Crippen LogP) is -6.43. The predicted molar refractivity (Wildman–Crippen MR) is 48.9 cm³/mol. The summed E-state index contributed by atoms with van der Waals surface area (Å²) in [5.74, 6) is -2.01. The van der Waals surface area contributed by atoms with Gasteiger partial charge >= 0.3 is 80.9 Å². The molecule has 4 nitrogen and oxygen atoms in total. The Morgan fingerprint density at radius 1 is 0.750 bits per heavy atom. The number of carboxylic acid groups (broad SMARTS) is 2. The number of hydrogen-bond donors (Lipinski definition) is 0. The molecule has 0 radical (unpaired) electrons. The van der Waals surface area contributed by atoms with Gasteiger partial charge in [-0.05, 0) is 0 Å². The second-order valence-corrected chi connectivity index (χ2v) is 5.07. The second kappa shape index (κ2) is 10.5. The Morgan fingerprint density at radius 2 is 0.812 bits per heavy atom. The summed E-state index contributed by atoms with van der Waals surface area (Å²) in [7, 11) is 0. The van der Waals surface area contributed by atoms with Gasteiger partial charge in [0.15, 0.2) is 0 Å². The van der Waals surface area contributed by atoms with E-state index in [1.165, 1.54) is 0 Å². The molecule has 0 saturated carbocycles. The van der Waals surface area contributed by atoms with E-state index in [0.717, 1.165) is 0 Å². The summed E-state index contributed by atoms with van der Waals surface area (Å²) in [5, 5.41) is 19.8. The van der Waals surface area contributed by atoms with Gasteiger partial charge in [-0.2, -0.15) is 0 Å². The van der Waals surface area contributed by atoms with Gasteiger partial charge in [-0.1, -0.05) is 41.5 Å². The summed E-state index contributed by atoms with van der Waals surface area (Å²) in [4.78, 5) is 19.8. The van der Waals surface area contributed by atoms with Crippen LogP contribution in [0.15, 0.2) is 0 Å². The van der Waals surface area contributed by atoms with E-state index in [0.29, 0.717) is 0 Å². The summed E-state index contributed by atoms with van der Waals surface area (Å²) in [5.41, 5.74) is -1.39. The van der Waals surface area contributed by atoms with Crippen LogP contribution in [0.2, 0.25) is 0 Å². The quantitative estimate of drug-likeness (QED) is 0.408. The van der Waals surface area contributed by atoms with Gasteiger partial charge in [0.05, 0.1) is 0 Å². The average molecular weight is 264 g/mol. The minimum absolute atomic E-state index is 0. The first kappa shape index (κ1) is 26.2. The summed E-state index contributed by atoms with van der Waals surface area (Å²) < 4.78 is 0. The van der Waals surface area contributed by atoms with Gasteiger partial charge in [-0.25, -0.2) is 0 Å². The number of rotatable bonds is 0. The third-order valence-electron chi connectivity index (χ3n) is 1.22. The van der Waals surface area contributed by atoms with Crippen LogP contribution >= 0.6 is 0 Å². The molecule has 0 aliphatic carbocycles. The van der Waals surface area contributed by atoms with Crippen molar-refractivity contribution in [3.8, 4) is 0 Å². The van der Waals surface area contributed by atoms with Crippen LogP contribution in [0.25, 0.3) is 0 Å². The fourth-order valence-corrected chi connectivity index (χ4v) is 0. The van der Waals surface area contributed by atoms with Crippen molar-refractivity contribution >= 4 is 11.9 Å². The minimum Gasteiger partial charge on any atom is -0.550 e. The summed E-state index contributed by atoms with van der Waals surface area (Å²) in [6.07, 6.45) is 0. The van der Waals surface area contributed by atoms with E-state index in [2.05, 4.69) is 0 Å². The molecule has 0 unspecified atom stereocenters. The molecule has 0 heterocycles. The monoisotopic (exact) mass is 264 g/mol. The zero-order valence-corrected chi connectivity index (χ0v) is 16.8. The van der Waals surface area contributed by atoms with Gasteiger partial charge in [-0.15, -0.1) is 0 Å². The van der Waals surface area contributed by atoms with Crippen LogP contribution < -0.4 is 91.2 Å². The van der Waals surface area contributed by atoms with E-state index < -0.39 is 22.8 Å². The fourth-order valence-electron chi connectivity index (χ4n) is 0. The molecule has 0 bridgehead atoms. The molecule has 0 amide bonds. The maximum Gasteiger partial charge on any atom is 1.00 e. The van der Waals surface area contributed by atoms with Crippen molar-refractivity contribution in [3.63, 3.8) is 0 Å². The molecule has 0 aromatic heterocycles. The van der Waals surface area contributed by atoms with Crippen molar-refractivity contribution < 1.29 is 101 Å². The van der Waals surface area contributed by atoms with Crippen molar-refractivity contribution in [3.05, 3.63) is 0 Å². The molecule has 84 valence electrons. The topological polar surface area (TPSA) is 80.3 Å². The van der Waals surface area contributed by atoms with Crippen LogP contribution in [0.1, 0.15) is 41.5 Å². The Kier molecular flexibility index (Phi) is 17.2. The molecule has 0 aliphatic rings. The zero-order valence-electron chi connectivity index (χ0n) is 11.6. The maximum absolute atomic E-state index is 9.91. The first-order valence-electron chi connectivity index (χ1n) is 4.32. The summed E-state index contributed by atoms with van der Waals surface area (Å²) in [6, 6.07) is 0. The van der Waals surface area contributed by atoms with Gasteiger partial charge in [0, 0.05) is 22.8 Å². The van der Waals surface area contributed by atoms with Crippen LogP contribution in [0.4, 0.5) is 0 Å². The number of carbonyl (C=O) groups excluding carboxylic acids is 2. The maximum atomic E-state index is 9.91. The van der Waals surface area contributed by atoms with Crippen LogP contribution in [-0.2, 0) is 9.59 Å². The Labute approximate surface area is 162 Å². The number of hydrogen-bond acceptors (Lipinski definition) is 4. The Hall–Kier alpha value is 1.58. The van der Waals surface area contributed by atoms with Crippen LogP contribution in [0.3, 0.4) is 0 Å². The molecular formula is C10H18KNaO4. The number of aliphatic carboxylic acids is 2. The largest absolute Gasteiger partial charge is 1.00 e. The molecule has 6 heteroatoms. The molecule has 0 fully saturated rings. The molecule has 0 rings (SSSR count). The van der Waals surface area contributed by atoms with Crippen molar-refractivity contribution in [2.75, 3.05) is 0 Å². The van der Waals surface area contributed by atoms with Gasteiger partial charge in [0.2, 0.25) is 0 Å². The molecule has 0 saturated heterocycles. The number of carboxylic acids is 2. The first-order valence-corrected chi connectivity index (χ1v) is 4.32. The molecule has 0 atom stereocenters. The van der Waals surface area contributed by atoms with Crippen molar-refractivity contribution in [1.82, 2.24) is 0 Å². The molecule has 0 aromatic rings. The van der Waals surface area contributed by atoms with E-state index in [1.54, 1.807) is 41.5 Å². The minimum atomic E-state index is -1.01. The summed E-state index contributed by atoms with van der Waals surface area (Å²) >= 11 is 0. The first-order chi connectivity index (χ1) is 5.89. The normalized spacial score (nSPS) is 9.88. The van der Waals surface area contributed by atoms with Gasteiger partial charge < -0.3 is 19.8 Å². The smallest absolute Gasteiger partial charge is 0.550 e. The Bertz CT molecular complexity index is 192. The summed E-state index contributed by atoms with van der Waals surface area (Å²) in [6.45, 7) is 9.60. The fraction of sp³-hybridized carbons (Fsp3) is 0.800. The number of carbonyl (C=O) groups is 2. The van der Waals surface area contributed by atoms with Gasteiger partial charge in [0.1, 0.15) is 0 Å². The van der Waals surface area contributed by atoms with Crippen molar-refractivity contribution in [1.29, 1.82) is 0 Å². The standard InChI is InChI=1S/2C5H10O2.K.Na/c2*1-5(2,3)4(6)7;;/h2*1-3H3,(H,6,7);;/q;;2*+1/p-2. The molecule has 0 N–H and O–H groups in total. The third kappa shape index (κ3) is 18.0. The molecular weight excluding hydrogens is 246 g/mol. The third-order valence-corrected chi connectivity index (χ3v) is 1.22. The Morgan fingerprint density at radius 3 is 0.812 bits per heavy atom. The van der Waals surface area contributed by atoms with Crippen molar-refractivity contribution in [2.24, 2.45) is 10.8 Å². The van der Waals surface area contributed by atoms with E-state index in [1.807, 2.05) is 0 Å². The van der Waals surface area contributed by atoms with Crippen molar-refractivity contribution in [2.45, 2.75) is 41.5 Å². The van der Waals surface area contributed by atoms with E-state index in [-0.39, 0.29) is 80.9 Å².